The van der Waals surface area contributed by atoms with Crippen molar-refractivity contribution < 1.29 is 33.7 Å². The Morgan fingerprint density at radius 2 is 1.66 bits per heavy atom. The van der Waals surface area contributed by atoms with E-state index in [1.54, 1.807) is 16.2 Å². The lowest BCUT2D eigenvalue weighted by molar-refractivity contribution is -0.143. The van der Waals surface area contributed by atoms with Crippen LogP contribution < -0.4 is 20.5 Å². The monoisotopic (exact) mass is 1040 g/mol. The Morgan fingerprint density at radius 3 is 2.41 bits per heavy atom. The summed E-state index contributed by atoms with van der Waals surface area (Å²) in [4.78, 5) is 61.6. The number of amides is 3. The van der Waals surface area contributed by atoms with Crippen LogP contribution in [-0.4, -0.2) is 120 Å². The van der Waals surface area contributed by atoms with Crippen LogP contribution >= 0.6 is 11.3 Å². The highest BCUT2D eigenvalue weighted by Gasteiger charge is 2.45. The Labute approximate surface area is 446 Å². The average Bonchev–Trinajstić information content (AvgIpc) is 4.24. The molecule has 2 saturated heterocycles. The van der Waals surface area contributed by atoms with Crippen LogP contribution in [0.5, 0.6) is 17.2 Å². The molecule has 0 bridgehead atoms. The minimum absolute atomic E-state index is 0.0148. The standard InChI is InChI=1S/C58H64N10O7S/c1-36(2)53(66-32-42-11-8-9-14-47(42)38(66)4)58(72)67-33-44(69)30-48(67)57(71)60-31-41-16-15-40(54-37(3)63-35-76-54)29-49(41)74-27-10-26-73-28-23-50(70)65-24-21-43(22-25-65)68-56-51(55(59)61-34-62-56)52(64-68)39-17-19-46(20-18-39)75-45-12-6-5-7-13-45/h5-9,11-20,29,34-36,43-44,48,53,69H,4,10,21-28,30-33H2,1-3H3,(H,60,71)(H2,59,61,62)/t44-,48+,53+/m1/s1. The molecule has 6 heterocycles. The number of fused-ring (bicyclic) bond motifs is 2. The number of β-amino-alcohol motifs (C(OH)–C–C–N with tert-alkyl or cyclic N) is 1. The molecule has 10 rings (SSSR count). The zero-order valence-electron chi connectivity index (χ0n) is 43.1. The van der Waals surface area contributed by atoms with Gasteiger partial charge >= 0.3 is 0 Å². The van der Waals surface area contributed by atoms with Crippen molar-refractivity contribution in [3.63, 3.8) is 0 Å². The van der Waals surface area contributed by atoms with Crippen molar-refractivity contribution >= 4 is 51.6 Å². The van der Waals surface area contributed by atoms with Gasteiger partial charge in [0.05, 0.1) is 53.2 Å². The molecule has 0 saturated carbocycles. The number of likely N-dealkylation sites (tertiary alicyclic amines) is 2. The first-order valence-electron chi connectivity index (χ1n) is 26.1. The van der Waals surface area contributed by atoms with Crippen molar-refractivity contribution in [2.24, 2.45) is 5.92 Å². The summed E-state index contributed by atoms with van der Waals surface area (Å²) in [7, 11) is 0. The summed E-state index contributed by atoms with van der Waals surface area (Å²) < 4.78 is 20.3. The van der Waals surface area contributed by atoms with Crippen molar-refractivity contribution in [3.05, 3.63) is 138 Å². The lowest BCUT2D eigenvalue weighted by atomic mass is 10.00. The van der Waals surface area contributed by atoms with E-state index >= 15 is 0 Å². The smallest absolute Gasteiger partial charge is 0.246 e. The number of aryl methyl sites for hydroxylation is 1. The van der Waals surface area contributed by atoms with Gasteiger partial charge in [-0.05, 0) is 79.3 Å². The largest absolute Gasteiger partial charge is 0.493 e. The van der Waals surface area contributed by atoms with Gasteiger partial charge in [-0.1, -0.05) is 75.0 Å². The van der Waals surface area contributed by atoms with Gasteiger partial charge in [-0.3, -0.25) is 14.4 Å². The van der Waals surface area contributed by atoms with E-state index in [2.05, 4.69) is 26.8 Å². The highest BCUT2D eigenvalue weighted by atomic mass is 32.1. The van der Waals surface area contributed by atoms with Crippen molar-refractivity contribution in [1.29, 1.82) is 0 Å². The number of aliphatic hydroxyl groups is 1. The third-order valence-corrected chi connectivity index (χ3v) is 15.5. The number of anilines is 1. The number of ether oxygens (including phenoxy) is 3. The van der Waals surface area contributed by atoms with Crippen LogP contribution in [0.4, 0.5) is 5.82 Å². The summed E-state index contributed by atoms with van der Waals surface area (Å²) in [6.07, 6.45) is 3.01. The Hall–Kier alpha value is -7.67. The summed E-state index contributed by atoms with van der Waals surface area (Å²) in [5.41, 5.74) is 16.0. The minimum atomic E-state index is -0.842. The van der Waals surface area contributed by atoms with E-state index in [1.807, 2.05) is 138 Å². The molecule has 4 N–H and O–H groups in total. The van der Waals surface area contributed by atoms with E-state index in [4.69, 9.17) is 25.0 Å². The van der Waals surface area contributed by atoms with Crippen LogP contribution in [0.1, 0.15) is 74.4 Å². The lowest BCUT2D eigenvalue weighted by Gasteiger charge is -2.36. The number of hydrogen-bond acceptors (Lipinski definition) is 14. The first kappa shape index (κ1) is 51.8. The Morgan fingerprint density at radius 1 is 0.908 bits per heavy atom. The summed E-state index contributed by atoms with van der Waals surface area (Å²) in [6.45, 7) is 13.2. The minimum Gasteiger partial charge on any atom is -0.493 e. The molecule has 0 unspecified atom stereocenters. The van der Waals surface area contributed by atoms with Crippen molar-refractivity contribution in [2.75, 3.05) is 45.2 Å². The number of nitrogens with one attached hydrogen (secondary N) is 1. The molecule has 3 amide bonds. The second-order valence-electron chi connectivity index (χ2n) is 20.0. The lowest BCUT2D eigenvalue weighted by Crippen LogP contribution is -2.54. The normalized spacial score (nSPS) is 17.1. The topological polar surface area (TPSA) is 203 Å². The van der Waals surface area contributed by atoms with Crippen molar-refractivity contribution in [2.45, 2.75) is 90.2 Å². The first-order valence-corrected chi connectivity index (χ1v) is 26.9. The average molecular weight is 1050 g/mol. The predicted molar refractivity (Wildman–Crippen MR) is 292 cm³/mol. The van der Waals surface area contributed by atoms with Gasteiger partial charge in [0.25, 0.3) is 0 Å². The number of nitrogens with zero attached hydrogens (tertiary/aromatic N) is 8. The molecular formula is C58H64N10O7S. The van der Waals surface area contributed by atoms with Gasteiger partial charge < -0.3 is 45.1 Å². The number of thiazole rings is 1. The molecule has 3 aromatic heterocycles. The zero-order valence-corrected chi connectivity index (χ0v) is 44.0. The van der Waals surface area contributed by atoms with Crippen LogP contribution in [0.25, 0.3) is 38.4 Å². The van der Waals surface area contributed by atoms with Crippen LogP contribution in [0.2, 0.25) is 0 Å². The molecule has 18 heteroatoms. The van der Waals surface area contributed by atoms with Crippen molar-refractivity contribution in [1.82, 2.24) is 44.7 Å². The number of rotatable bonds is 19. The second kappa shape index (κ2) is 23.1. The molecule has 3 aliphatic heterocycles. The number of para-hydroxylation sites is 1. The molecule has 3 atom stereocenters. The summed E-state index contributed by atoms with van der Waals surface area (Å²) in [5, 5.41) is 19.6. The number of nitrogen functional groups attached to an aromatic ring is 1. The third-order valence-electron chi connectivity index (χ3n) is 14.6. The van der Waals surface area contributed by atoms with E-state index in [1.165, 1.54) is 6.33 Å². The maximum Gasteiger partial charge on any atom is 0.246 e. The quantitative estimate of drug-likeness (QED) is 0.0652. The van der Waals surface area contributed by atoms with Gasteiger partial charge in [0.2, 0.25) is 17.7 Å². The molecule has 0 aliphatic carbocycles. The van der Waals surface area contributed by atoms with Crippen LogP contribution in [0.3, 0.4) is 0 Å². The predicted octanol–water partition coefficient (Wildman–Crippen LogP) is 8.43. The van der Waals surface area contributed by atoms with Crippen LogP contribution in [-0.2, 0) is 32.2 Å². The number of nitrogens with two attached hydrogens (primary N) is 1. The van der Waals surface area contributed by atoms with Crippen LogP contribution in [0.15, 0.2) is 115 Å². The highest BCUT2D eigenvalue weighted by Crippen LogP contribution is 2.38. The molecule has 17 nitrogen and oxygen atoms in total. The molecule has 3 aliphatic rings. The second-order valence-corrected chi connectivity index (χ2v) is 20.8. The molecular weight excluding hydrogens is 981 g/mol. The van der Waals surface area contributed by atoms with Gasteiger partial charge in [0, 0.05) is 74.6 Å². The first-order chi connectivity index (χ1) is 36.9. The van der Waals surface area contributed by atoms with Gasteiger partial charge in [0.15, 0.2) is 5.65 Å². The Kier molecular flexibility index (Phi) is 15.7. The van der Waals surface area contributed by atoms with E-state index in [-0.39, 0.29) is 62.2 Å². The number of aliphatic hydroxyl groups excluding tert-OH is 1. The number of hydrogen-bond donors (Lipinski definition) is 3. The van der Waals surface area contributed by atoms with E-state index < -0.39 is 18.2 Å². The molecule has 394 valence electrons. The fraction of sp³-hybridized carbons (Fsp3) is 0.362. The fourth-order valence-electron chi connectivity index (χ4n) is 10.6. The molecule has 76 heavy (non-hydrogen) atoms. The molecule has 0 radical (unpaired) electrons. The Bertz CT molecular complexity index is 3210. The number of carbonyl (C=O) groups is 3. The van der Waals surface area contributed by atoms with Gasteiger partial charge in [0.1, 0.15) is 47.2 Å². The van der Waals surface area contributed by atoms with Crippen LogP contribution in [0, 0.1) is 12.8 Å². The maximum atomic E-state index is 14.4. The highest BCUT2D eigenvalue weighted by molar-refractivity contribution is 7.13. The summed E-state index contributed by atoms with van der Waals surface area (Å²) in [5.74, 6) is 1.83. The number of piperidine rings is 1. The van der Waals surface area contributed by atoms with Gasteiger partial charge in [-0.25, -0.2) is 19.6 Å². The van der Waals surface area contributed by atoms with Gasteiger partial charge in [-0.15, -0.1) is 11.3 Å². The molecule has 7 aromatic rings. The third kappa shape index (κ3) is 11.2. The fourth-order valence-corrected chi connectivity index (χ4v) is 11.4. The van der Waals surface area contributed by atoms with Gasteiger partial charge in [-0.2, -0.15) is 5.10 Å². The zero-order chi connectivity index (χ0) is 52.9. The number of carbonyl (C=O) groups excluding carboxylic acids is 3. The summed E-state index contributed by atoms with van der Waals surface area (Å²) in [6, 6.07) is 29.9. The van der Waals surface area contributed by atoms with E-state index in [0.29, 0.717) is 86.2 Å². The number of benzene rings is 4. The van der Waals surface area contributed by atoms with Crippen molar-refractivity contribution in [3.8, 4) is 38.9 Å². The SMILES string of the molecule is C=C1c2ccccc2CN1[C@H](C(=O)N1C[C@H](O)C[C@H]1C(=O)NCc1ccc(-c2scnc2C)cc1OCCCOCCC(=O)N1CCC(n2nc(-c3ccc(Oc4ccccc4)cc3)c3c(N)ncnc32)CC1)C(C)C. The molecule has 2 fully saturated rings. The number of aromatic nitrogens is 5. The Balaban J connectivity index is 0.704. The molecule has 4 aromatic carbocycles. The maximum absolute atomic E-state index is 14.4. The molecule has 0 spiro atoms. The van der Waals surface area contributed by atoms with E-state index in [9.17, 15) is 19.5 Å². The van der Waals surface area contributed by atoms with E-state index in [0.717, 1.165) is 49.8 Å². The summed E-state index contributed by atoms with van der Waals surface area (Å²) >= 11 is 1.54.